The van der Waals surface area contributed by atoms with E-state index < -0.39 is 11.3 Å². The predicted octanol–water partition coefficient (Wildman–Crippen LogP) is 6.54. The lowest BCUT2D eigenvalue weighted by atomic mass is 9.95. The van der Waals surface area contributed by atoms with Gasteiger partial charge in [-0.2, -0.15) is 10.1 Å². The van der Waals surface area contributed by atoms with Crippen LogP contribution in [0.5, 0.6) is 5.75 Å². The number of hydrogen-bond donors (Lipinski definition) is 1. The van der Waals surface area contributed by atoms with E-state index in [1.807, 2.05) is 58.9 Å². The van der Waals surface area contributed by atoms with Crippen LogP contribution in [0.4, 0.5) is 10.6 Å². The van der Waals surface area contributed by atoms with Crippen LogP contribution in [0.2, 0.25) is 5.02 Å². The van der Waals surface area contributed by atoms with Gasteiger partial charge in [-0.25, -0.2) is 9.59 Å². The molecule has 0 spiro atoms. The van der Waals surface area contributed by atoms with Crippen molar-refractivity contribution in [2.24, 2.45) is 0 Å². The summed E-state index contributed by atoms with van der Waals surface area (Å²) in [5, 5.41) is 9.32. The summed E-state index contributed by atoms with van der Waals surface area (Å²) in [6, 6.07) is 7.59. The quantitative estimate of drug-likeness (QED) is 0.233. The number of nitrogens with one attached hydrogen (secondary N) is 1. The van der Waals surface area contributed by atoms with Crippen LogP contribution in [-0.2, 0) is 4.74 Å². The van der Waals surface area contributed by atoms with Crippen molar-refractivity contribution in [3.05, 3.63) is 69.0 Å². The van der Waals surface area contributed by atoms with Crippen LogP contribution in [-0.4, -0.2) is 73.6 Å². The summed E-state index contributed by atoms with van der Waals surface area (Å²) < 4.78 is 14.0. The molecule has 2 aliphatic rings. The summed E-state index contributed by atoms with van der Waals surface area (Å²) in [5.41, 5.74) is 5.40. The van der Waals surface area contributed by atoms with Gasteiger partial charge in [0, 0.05) is 36.8 Å². The van der Waals surface area contributed by atoms with Crippen molar-refractivity contribution in [3.63, 3.8) is 0 Å². The third kappa shape index (κ3) is 5.17. The monoisotopic (exact) mass is 655 g/mol. The largest absolute Gasteiger partial charge is 0.489 e. The zero-order valence-electron chi connectivity index (χ0n) is 27.6. The molecule has 11 nitrogen and oxygen atoms in total. The third-order valence-electron chi connectivity index (χ3n) is 8.91. The van der Waals surface area contributed by atoms with Gasteiger partial charge in [0.2, 0.25) is 0 Å². The molecule has 0 aliphatic carbocycles. The number of halogens is 1. The number of benzene rings is 2. The predicted molar refractivity (Wildman–Crippen MR) is 183 cm³/mol. The fourth-order valence-electron chi connectivity index (χ4n) is 6.77. The number of nitrogens with zero attached hydrogens (tertiary/aromatic N) is 6. The summed E-state index contributed by atoms with van der Waals surface area (Å²) in [7, 11) is 0. The standard InChI is InChI=1S/C35H38ClN7O4/c1-18(2)29-30(20(4)10-11-37-29)43-25-14-22(26-19(3)8-9-24-23(26)15-38-40-24)28(36)31-27(25)32(39-33(43)44)42-13-12-41(16-21(42)17-46-31)34(45)47-35(5,6)7/h8-11,14-15,18,21H,12-13,16-17H2,1-7H3,(H,38,40)/t21-/m0/s1. The maximum atomic E-state index is 14.4. The molecule has 1 N–H and O–H groups in total. The number of aromatic nitrogens is 5. The number of fused-ring (bicyclic) bond motifs is 3. The number of hydrogen-bond acceptors (Lipinski definition) is 8. The number of rotatable bonds is 3. The molecule has 2 aliphatic heterocycles. The topological polar surface area (TPSA) is 118 Å². The van der Waals surface area contributed by atoms with Crippen LogP contribution in [0.25, 0.3) is 38.6 Å². The summed E-state index contributed by atoms with van der Waals surface area (Å²) >= 11 is 7.35. The molecular formula is C35H38ClN7O4. The van der Waals surface area contributed by atoms with E-state index in [4.69, 9.17) is 31.0 Å². The van der Waals surface area contributed by atoms with Crippen molar-refractivity contribution < 1.29 is 14.3 Å². The molecular weight excluding hydrogens is 618 g/mol. The molecule has 7 rings (SSSR count). The van der Waals surface area contributed by atoms with Gasteiger partial charge in [0.05, 0.1) is 45.1 Å². The smallest absolute Gasteiger partial charge is 0.410 e. The zero-order chi connectivity index (χ0) is 33.4. The highest BCUT2D eigenvalue weighted by Gasteiger charge is 2.38. The molecule has 0 radical (unpaired) electrons. The van der Waals surface area contributed by atoms with E-state index in [0.717, 1.165) is 33.3 Å². The SMILES string of the molecule is Cc1ccnc(C(C)C)c1-n1c(=O)nc2c3c(c(Cl)c(-c4c(C)ccc5[nH]ncc45)cc31)OC[C@@H]1CN(C(=O)OC(C)(C)C)CCN21. The lowest BCUT2D eigenvalue weighted by Crippen LogP contribution is -2.57. The highest BCUT2D eigenvalue weighted by Crippen LogP contribution is 2.48. The van der Waals surface area contributed by atoms with Crippen molar-refractivity contribution in [2.45, 2.75) is 66.0 Å². The van der Waals surface area contributed by atoms with Crippen LogP contribution in [0.1, 0.15) is 57.4 Å². The molecule has 3 aromatic heterocycles. The Labute approximate surface area is 277 Å². The number of ether oxygens (including phenoxy) is 2. The first kappa shape index (κ1) is 31.0. The molecule has 1 fully saturated rings. The number of piperazine rings is 1. The molecule has 0 unspecified atom stereocenters. The normalized spacial score (nSPS) is 16.4. The van der Waals surface area contributed by atoms with Gasteiger partial charge >= 0.3 is 11.8 Å². The van der Waals surface area contributed by atoms with E-state index in [1.54, 1.807) is 21.9 Å². The number of aryl methyl sites for hydroxylation is 2. The van der Waals surface area contributed by atoms with Gasteiger partial charge in [0.25, 0.3) is 0 Å². The number of aromatic amines is 1. The summed E-state index contributed by atoms with van der Waals surface area (Å²) in [5.74, 6) is 0.972. The molecule has 5 heterocycles. The first-order valence-corrected chi connectivity index (χ1v) is 16.3. The minimum atomic E-state index is -0.623. The zero-order valence-corrected chi connectivity index (χ0v) is 28.4. The van der Waals surface area contributed by atoms with Crippen molar-refractivity contribution >= 4 is 45.3 Å². The van der Waals surface area contributed by atoms with Crippen LogP contribution in [0.3, 0.4) is 0 Å². The van der Waals surface area contributed by atoms with Crippen LogP contribution in [0.15, 0.2) is 41.5 Å². The Bertz CT molecular complexity index is 2130. The highest BCUT2D eigenvalue weighted by molar-refractivity contribution is 6.37. The minimum absolute atomic E-state index is 0.0388. The van der Waals surface area contributed by atoms with Gasteiger partial charge in [-0.05, 0) is 75.4 Å². The first-order chi connectivity index (χ1) is 22.3. The molecule has 12 heteroatoms. The van der Waals surface area contributed by atoms with Gasteiger partial charge in [-0.3, -0.25) is 14.6 Å². The highest BCUT2D eigenvalue weighted by atomic mass is 35.5. The molecule has 47 heavy (non-hydrogen) atoms. The van der Waals surface area contributed by atoms with Gasteiger partial charge < -0.3 is 19.3 Å². The number of amides is 1. The average Bonchev–Trinajstić information content (AvgIpc) is 3.42. The Balaban J connectivity index is 1.50. The lowest BCUT2D eigenvalue weighted by Gasteiger charge is -2.41. The van der Waals surface area contributed by atoms with Crippen molar-refractivity contribution in [1.82, 2.24) is 29.6 Å². The lowest BCUT2D eigenvalue weighted by molar-refractivity contribution is 0.0202. The second-order valence-electron chi connectivity index (χ2n) is 13.7. The van der Waals surface area contributed by atoms with Crippen LogP contribution >= 0.6 is 11.6 Å². The van der Waals surface area contributed by atoms with Gasteiger partial charge in [-0.15, -0.1) is 0 Å². The van der Waals surface area contributed by atoms with Crippen LogP contribution in [0, 0.1) is 13.8 Å². The summed E-state index contributed by atoms with van der Waals surface area (Å²) in [6.45, 7) is 15.1. The van der Waals surface area contributed by atoms with Crippen molar-refractivity contribution in [1.29, 1.82) is 0 Å². The van der Waals surface area contributed by atoms with Gasteiger partial charge in [0.15, 0.2) is 5.75 Å². The second-order valence-corrected chi connectivity index (χ2v) is 14.1. The van der Waals surface area contributed by atoms with E-state index >= 15 is 0 Å². The van der Waals surface area contributed by atoms with Gasteiger partial charge in [-0.1, -0.05) is 31.5 Å². The van der Waals surface area contributed by atoms with E-state index in [9.17, 15) is 9.59 Å². The molecule has 5 aromatic rings. The van der Waals surface area contributed by atoms with E-state index in [2.05, 4.69) is 28.9 Å². The molecule has 0 bridgehead atoms. The molecule has 1 amide bonds. The number of carbonyl (C=O) groups is 1. The minimum Gasteiger partial charge on any atom is -0.489 e. The fraction of sp³-hybridized carbons (Fsp3) is 0.400. The van der Waals surface area contributed by atoms with E-state index in [1.165, 1.54) is 0 Å². The maximum Gasteiger partial charge on any atom is 0.410 e. The first-order valence-electron chi connectivity index (χ1n) is 15.9. The summed E-state index contributed by atoms with van der Waals surface area (Å²) in [4.78, 5) is 40.7. The molecule has 244 valence electrons. The number of H-pyrrole nitrogens is 1. The third-order valence-corrected chi connectivity index (χ3v) is 9.29. The maximum absolute atomic E-state index is 14.4. The Morgan fingerprint density at radius 1 is 1.15 bits per heavy atom. The van der Waals surface area contributed by atoms with Crippen molar-refractivity contribution in [2.75, 3.05) is 31.1 Å². The average molecular weight is 656 g/mol. The Morgan fingerprint density at radius 3 is 2.68 bits per heavy atom. The molecule has 2 aromatic carbocycles. The molecule has 0 saturated carbocycles. The Hall–Kier alpha value is -4.64. The Morgan fingerprint density at radius 2 is 1.94 bits per heavy atom. The Kier molecular flexibility index (Phi) is 7.42. The van der Waals surface area contributed by atoms with E-state index in [-0.39, 0.29) is 24.7 Å². The number of carbonyl (C=O) groups excluding carboxylic acids is 1. The summed E-state index contributed by atoms with van der Waals surface area (Å²) in [6.07, 6.45) is 3.17. The number of pyridine rings is 1. The van der Waals surface area contributed by atoms with Crippen molar-refractivity contribution in [3.8, 4) is 22.6 Å². The number of anilines is 1. The fourth-order valence-corrected chi connectivity index (χ4v) is 7.07. The molecule has 1 atom stereocenters. The van der Waals surface area contributed by atoms with E-state index in [0.29, 0.717) is 58.4 Å². The second kappa shape index (κ2) is 11.3. The van der Waals surface area contributed by atoms with Gasteiger partial charge in [0.1, 0.15) is 18.0 Å². The van der Waals surface area contributed by atoms with Crippen LogP contribution < -0.4 is 15.3 Å². The molecule has 1 saturated heterocycles.